The Morgan fingerprint density at radius 1 is 1.24 bits per heavy atom. The van der Waals surface area contributed by atoms with E-state index in [0.717, 1.165) is 0 Å². The SMILES string of the molecule is COC(=O)c1cccc(N)c1Oc1cc(Cl)c(Br)cc1Cl. The average Bonchev–Trinajstić information content (AvgIpc) is 2.45. The molecule has 21 heavy (non-hydrogen) atoms. The molecule has 0 saturated carbocycles. The molecule has 0 atom stereocenters. The number of carbonyl (C=O) groups is 1. The number of hydrogen-bond acceptors (Lipinski definition) is 4. The largest absolute Gasteiger partial charge is 0.465 e. The van der Waals surface area contributed by atoms with Gasteiger partial charge in [0.2, 0.25) is 0 Å². The monoisotopic (exact) mass is 389 g/mol. The van der Waals surface area contributed by atoms with E-state index < -0.39 is 5.97 Å². The Hall–Kier alpha value is -1.43. The molecule has 2 N–H and O–H groups in total. The molecule has 7 heteroatoms. The van der Waals surface area contributed by atoms with E-state index in [-0.39, 0.29) is 22.7 Å². The topological polar surface area (TPSA) is 61.5 Å². The number of methoxy groups -OCH3 is 1. The molecule has 0 aliphatic heterocycles. The number of ether oxygens (including phenoxy) is 2. The van der Waals surface area contributed by atoms with Crippen molar-refractivity contribution in [2.45, 2.75) is 0 Å². The first kappa shape index (κ1) is 15.9. The van der Waals surface area contributed by atoms with Crippen molar-refractivity contribution < 1.29 is 14.3 Å². The van der Waals surface area contributed by atoms with Gasteiger partial charge < -0.3 is 15.2 Å². The standard InChI is InChI=1S/C14H10BrCl2NO3/c1-20-14(19)7-3-2-4-11(18)13(7)21-12-6-9(16)8(15)5-10(12)17/h2-6H,18H2,1H3. The Morgan fingerprint density at radius 3 is 2.62 bits per heavy atom. The van der Waals surface area contributed by atoms with Crippen LogP contribution in [0.3, 0.4) is 0 Å². The van der Waals surface area contributed by atoms with Crippen LogP contribution in [0, 0.1) is 0 Å². The zero-order valence-electron chi connectivity index (χ0n) is 10.8. The Morgan fingerprint density at radius 2 is 1.95 bits per heavy atom. The van der Waals surface area contributed by atoms with Crippen LogP contribution in [0.5, 0.6) is 11.5 Å². The second-order valence-electron chi connectivity index (χ2n) is 4.01. The highest BCUT2D eigenvalue weighted by Gasteiger charge is 2.18. The fourth-order valence-corrected chi connectivity index (χ4v) is 2.46. The molecule has 0 aliphatic carbocycles. The molecular weight excluding hydrogens is 381 g/mol. The molecule has 0 aromatic heterocycles. The summed E-state index contributed by atoms with van der Waals surface area (Å²) in [6.45, 7) is 0. The summed E-state index contributed by atoms with van der Waals surface area (Å²) in [5, 5.41) is 0.744. The lowest BCUT2D eigenvalue weighted by atomic mass is 10.1. The maximum Gasteiger partial charge on any atom is 0.341 e. The average molecular weight is 391 g/mol. The van der Waals surface area contributed by atoms with Gasteiger partial charge in [0, 0.05) is 10.5 Å². The smallest absolute Gasteiger partial charge is 0.341 e. The predicted molar refractivity (Wildman–Crippen MR) is 86.4 cm³/mol. The van der Waals surface area contributed by atoms with E-state index in [4.69, 9.17) is 38.4 Å². The summed E-state index contributed by atoms with van der Waals surface area (Å²) in [5.41, 5.74) is 6.35. The van der Waals surface area contributed by atoms with Crippen LogP contribution in [0.2, 0.25) is 10.0 Å². The molecule has 0 unspecified atom stereocenters. The van der Waals surface area contributed by atoms with Crippen molar-refractivity contribution in [1.82, 2.24) is 0 Å². The van der Waals surface area contributed by atoms with E-state index >= 15 is 0 Å². The van der Waals surface area contributed by atoms with Gasteiger partial charge in [0.05, 0.1) is 22.8 Å². The Balaban J connectivity index is 2.49. The molecule has 0 heterocycles. The van der Waals surface area contributed by atoms with Crippen molar-refractivity contribution in [1.29, 1.82) is 0 Å². The van der Waals surface area contributed by atoms with Crippen LogP contribution < -0.4 is 10.5 Å². The third kappa shape index (κ3) is 3.43. The molecular formula is C14H10BrCl2NO3. The van der Waals surface area contributed by atoms with Crippen LogP contribution in [0.25, 0.3) is 0 Å². The van der Waals surface area contributed by atoms with E-state index in [9.17, 15) is 4.79 Å². The van der Waals surface area contributed by atoms with Crippen molar-refractivity contribution in [3.63, 3.8) is 0 Å². The molecule has 0 saturated heterocycles. The number of anilines is 1. The van der Waals surface area contributed by atoms with Gasteiger partial charge in [-0.2, -0.15) is 0 Å². The van der Waals surface area contributed by atoms with Gasteiger partial charge in [-0.25, -0.2) is 4.79 Å². The first-order valence-electron chi connectivity index (χ1n) is 5.73. The maximum atomic E-state index is 11.8. The lowest BCUT2D eigenvalue weighted by Gasteiger charge is -2.14. The van der Waals surface area contributed by atoms with Crippen LogP contribution in [0.4, 0.5) is 5.69 Å². The minimum absolute atomic E-state index is 0.171. The van der Waals surface area contributed by atoms with Crippen LogP contribution in [0.1, 0.15) is 10.4 Å². The lowest BCUT2D eigenvalue weighted by molar-refractivity contribution is 0.0598. The van der Waals surface area contributed by atoms with Gasteiger partial charge in [-0.1, -0.05) is 29.3 Å². The molecule has 4 nitrogen and oxygen atoms in total. The fourth-order valence-electron chi connectivity index (χ4n) is 1.63. The highest BCUT2D eigenvalue weighted by molar-refractivity contribution is 9.10. The summed E-state index contributed by atoms with van der Waals surface area (Å²) in [7, 11) is 1.28. The van der Waals surface area contributed by atoms with Crippen LogP contribution in [-0.4, -0.2) is 13.1 Å². The molecule has 0 bridgehead atoms. The summed E-state index contributed by atoms with van der Waals surface area (Å²) in [5.74, 6) is -0.103. The van der Waals surface area contributed by atoms with Gasteiger partial charge in [0.1, 0.15) is 11.3 Å². The summed E-state index contributed by atoms with van der Waals surface area (Å²) in [4.78, 5) is 11.8. The number of nitrogen functional groups attached to an aromatic ring is 1. The number of hydrogen-bond donors (Lipinski definition) is 1. The molecule has 0 amide bonds. The number of rotatable bonds is 3. The third-order valence-corrected chi connectivity index (χ3v) is 4.13. The summed E-state index contributed by atoms with van der Waals surface area (Å²) in [6, 6.07) is 7.91. The number of para-hydroxylation sites is 1. The first-order valence-corrected chi connectivity index (χ1v) is 7.28. The molecule has 0 aliphatic rings. The van der Waals surface area contributed by atoms with E-state index in [0.29, 0.717) is 14.5 Å². The summed E-state index contributed by atoms with van der Waals surface area (Å²) < 4.78 is 11.0. The van der Waals surface area contributed by atoms with E-state index in [1.165, 1.54) is 13.2 Å². The second kappa shape index (κ2) is 6.56. The highest BCUT2D eigenvalue weighted by atomic mass is 79.9. The first-order chi connectivity index (χ1) is 9.93. The number of carbonyl (C=O) groups excluding carboxylic acids is 1. The fraction of sp³-hybridized carbons (Fsp3) is 0.0714. The summed E-state index contributed by atoms with van der Waals surface area (Å²) >= 11 is 15.4. The number of benzene rings is 2. The van der Waals surface area contributed by atoms with Crippen LogP contribution in [-0.2, 0) is 4.74 Å². The van der Waals surface area contributed by atoms with E-state index in [1.807, 2.05) is 0 Å². The van der Waals surface area contributed by atoms with Crippen molar-refractivity contribution in [2.24, 2.45) is 0 Å². The van der Waals surface area contributed by atoms with Crippen molar-refractivity contribution >= 4 is 50.8 Å². The molecule has 2 aromatic rings. The molecule has 110 valence electrons. The van der Waals surface area contributed by atoms with Gasteiger partial charge in [-0.3, -0.25) is 0 Å². The van der Waals surface area contributed by atoms with Crippen molar-refractivity contribution in [3.8, 4) is 11.5 Å². The predicted octanol–water partition coefficient (Wildman–Crippen LogP) is 4.92. The van der Waals surface area contributed by atoms with Crippen molar-refractivity contribution in [2.75, 3.05) is 12.8 Å². The quantitative estimate of drug-likeness (QED) is 0.459. The Labute approximate surface area is 139 Å². The number of esters is 1. The van der Waals surface area contributed by atoms with Gasteiger partial charge >= 0.3 is 5.97 Å². The Kier molecular flexibility index (Phi) is 4.98. The van der Waals surface area contributed by atoms with Crippen LogP contribution in [0.15, 0.2) is 34.8 Å². The summed E-state index contributed by atoms with van der Waals surface area (Å²) in [6.07, 6.45) is 0. The molecule has 0 spiro atoms. The molecule has 2 aromatic carbocycles. The number of nitrogens with two attached hydrogens (primary N) is 1. The Bertz CT molecular complexity index is 707. The highest BCUT2D eigenvalue weighted by Crippen LogP contribution is 2.39. The minimum Gasteiger partial charge on any atom is -0.465 e. The number of halogens is 3. The molecule has 0 fully saturated rings. The van der Waals surface area contributed by atoms with Gasteiger partial charge in [-0.05, 0) is 34.1 Å². The normalized spacial score (nSPS) is 10.3. The maximum absolute atomic E-state index is 11.8. The van der Waals surface area contributed by atoms with Crippen molar-refractivity contribution in [3.05, 3.63) is 50.4 Å². The lowest BCUT2D eigenvalue weighted by Crippen LogP contribution is -2.05. The molecule has 0 radical (unpaired) electrons. The zero-order valence-corrected chi connectivity index (χ0v) is 13.9. The van der Waals surface area contributed by atoms with E-state index in [1.54, 1.807) is 24.3 Å². The van der Waals surface area contributed by atoms with Crippen LogP contribution >= 0.6 is 39.1 Å². The molecule has 2 rings (SSSR count). The van der Waals surface area contributed by atoms with Gasteiger partial charge in [0.25, 0.3) is 0 Å². The zero-order chi connectivity index (χ0) is 15.6. The minimum atomic E-state index is -0.559. The van der Waals surface area contributed by atoms with Gasteiger partial charge in [0.15, 0.2) is 5.75 Å². The third-order valence-electron chi connectivity index (χ3n) is 2.64. The van der Waals surface area contributed by atoms with Gasteiger partial charge in [-0.15, -0.1) is 0 Å². The van der Waals surface area contributed by atoms with E-state index in [2.05, 4.69) is 15.9 Å². The second-order valence-corrected chi connectivity index (χ2v) is 5.68.